The van der Waals surface area contributed by atoms with E-state index in [-0.39, 0.29) is 11.8 Å². The molecule has 5 nitrogen and oxygen atoms in total. The summed E-state index contributed by atoms with van der Waals surface area (Å²) in [5, 5.41) is 3.86. The van der Waals surface area contributed by atoms with Crippen molar-refractivity contribution in [3.63, 3.8) is 0 Å². The highest BCUT2D eigenvalue weighted by Crippen LogP contribution is 2.15. The maximum Gasteiger partial charge on any atom is 0.251 e. The molecule has 0 aliphatic rings. The second-order valence-corrected chi connectivity index (χ2v) is 6.64. The second-order valence-electron chi connectivity index (χ2n) is 5.76. The Morgan fingerprint density at radius 3 is 2.15 bits per heavy atom. The Morgan fingerprint density at radius 2 is 1.58 bits per heavy atom. The zero-order chi connectivity index (χ0) is 19.1. The average molecular weight is 395 g/mol. The Labute approximate surface area is 162 Å². The van der Waals surface area contributed by atoms with Crippen LogP contribution in [0.4, 0.5) is 0 Å². The van der Waals surface area contributed by atoms with Crippen molar-refractivity contribution in [2.24, 2.45) is 0 Å². The molecular formula is C19H20Cl2N2O3. The van der Waals surface area contributed by atoms with Gasteiger partial charge in [0.15, 0.2) is 0 Å². The minimum absolute atomic E-state index is 0.202. The van der Waals surface area contributed by atoms with Crippen molar-refractivity contribution in [3.05, 3.63) is 64.1 Å². The van der Waals surface area contributed by atoms with Gasteiger partial charge in [-0.3, -0.25) is 9.59 Å². The first kappa shape index (κ1) is 20.1. The van der Waals surface area contributed by atoms with Crippen LogP contribution in [0.3, 0.4) is 0 Å². The van der Waals surface area contributed by atoms with Crippen molar-refractivity contribution < 1.29 is 14.3 Å². The molecule has 0 aliphatic carbocycles. The molecule has 0 saturated carbocycles. The van der Waals surface area contributed by atoms with E-state index in [4.69, 9.17) is 27.9 Å². The van der Waals surface area contributed by atoms with Crippen LogP contribution in [0, 0.1) is 0 Å². The lowest BCUT2D eigenvalue weighted by Crippen LogP contribution is -2.46. The number of ether oxygens (including phenoxy) is 1. The molecule has 1 atom stereocenters. The van der Waals surface area contributed by atoms with Crippen LogP contribution in [-0.2, 0) is 4.79 Å². The Bertz CT molecular complexity index is 748. The lowest BCUT2D eigenvalue weighted by atomic mass is 10.2. The monoisotopic (exact) mass is 394 g/mol. The van der Waals surface area contributed by atoms with Gasteiger partial charge in [0.25, 0.3) is 5.91 Å². The lowest BCUT2D eigenvalue weighted by molar-refractivity contribution is -0.131. The first-order chi connectivity index (χ1) is 12.4. The molecule has 1 unspecified atom stereocenters. The molecule has 2 aromatic carbocycles. The minimum atomic E-state index is -0.654. The van der Waals surface area contributed by atoms with Gasteiger partial charge in [0.1, 0.15) is 18.4 Å². The molecule has 1 N–H and O–H groups in total. The largest absolute Gasteiger partial charge is 0.492 e. The number of likely N-dealkylation sites (N-methyl/N-ethyl adjacent to an activating group) is 1. The number of carbonyl (C=O) groups excluding carboxylic acids is 2. The van der Waals surface area contributed by atoms with E-state index in [1.165, 1.54) is 4.90 Å². The summed E-state index contributed by atoms with van der Waals surface area (Å²) >= 11 is 11.6. The van der Waals surface area contributed by atoms with Crippen molar-refractivity contribution in [1.82, 2.24) is 10.2 Å². The predicted molar refractivity (Wildman–Crippen MR) is 103 cm³/mol. The van der Waals surface area contributed by atoms with Crippen LogP contribution in [-0.4, -0.2) is 43.0 Å². The molecule has 2 amide bonds. The van der Waals surface area contributed by atoms with E-state index in [0.717, 1.165) is 0 Å². The van der Waals surface area contributed by atoms with Crippen molar-refractivity contribution in [3.8, 4) is 5.75 Å². The molecule has 0 aromatic heterocycles. The molecule has 0 aliphatic heterocycles. The number of rotatable bonds is 7. The van der Waals surface area contributed by atoms with Crippen LogP contribution in [0.25, 0.3) is 0 Å². The van der Waals surface area contributed by atoms with E-state index in [2.05, 4.69) is 5.32 Å². The first-order valence-corrected chi connectivity index (χ1v) is 8.82. The topological polar surface area (TPSA) is 58.6 Å². The SMILES string of the molecule is CC(NC(=O)c1ccc(Cl)cc1)C(=O)N(C)CCOc1ccc(Cl)cc1. The van der Waals surface area contributed by atoms with Crippen molar-refractivity contribution in [2.75, 3.05) is 20.2 Å². The fourth-order valence-corrected chi connectivity index (χ4v) is 2.47. The maximum absolute atomic E-state index is 12.4. The van der Waals surface area contributed by atoms with Crippen LogP contribution in [0.5, 0.6) is 5.75 Å². The molecule has 0 radical (unpaired) electrons. The van der Waals surface area contributed by atoms with Gasteiger partial charge in [-0.15, -0.1) is 0 Å². The van der Waals surface area contributed by atoms with Crippen LogP contribution in [0.2, 0.25) is 10.0 Å². The van der Waals surface area contributed by atoms with Gasteiger partial charge in [-0.2, -0.15) is 0 Å². The Kier molecular flexibility index (Phi) is 7.30. The fraction of sp³-hybridized carbons (Fsp3) is 0.263. The van der Waals surface area contributed by atoms with Crippen LogP contribution in [0.1, 0.15) is 17.3 Å². The van der Waals surface area contributed by atoms with Gasteiger partial charge >= 0.3 is 0 Å². The maximum atomic E-state index is 12.4. The molecule has 7 heteroatoms. The summed E-state index contributed by atoms with van der Waals surface area (Å²) in [5.74, 6) is 0.152. The zero-order valence-corrected chi connectivity index (χ0v) is 16.1. The van der Waals surface area contributed by atoms with Crippen LogP contribution in [0.15, 0.2) is 48.5 Å². The highest BCUT2D eigenvalue weighted by molar-refractivity contribution is 6.30. The van der Waals surface area contributed by atoms with Crippen molar-refractivity contribution in [2.45, 2.75) is 13.0 Å². The lowest BCUT2D eigenvalue weighted by Gasteiger charge is -2.22. The predicted octanol–water partition coefficient (Wildman–Crippen LogP) is 3.65. The standard InChI is InChI=1S/C19H20Cl2N2O3/c1-13(22-18(24)14-3-5-15(20)6-4-14)19(25)23(2)11-12-26-17-9-7-16(21)8-10-17/h3-10,13H,11-12H2,1-2H3,(H,22,24). The van der Waals surface area contributed by atoms with E-state index in [1.54, 1.807) is 62.5 Å². The van der Waals surface area contributed by atoms with Gasteiger partial charge in [-0.1, -0.05) is 23.2 Å². The van der Waals surface area contributed by atoms with Crippen molar-refractivity contribution in [1.29, 1.82) is 0 Å². The average Bonchev–Trinajstić information content (AvgIpc) is 2.63. The van der Waals surface area contributed by atoms with Gasteiger partial charge in [-0.25, -0.2) is 0 Å². The van der Waals surface area contributed by atoms with Gasteiger partial charge in [-0.05, 0) is 55.5 Å². The van der Waals surface area contributed by atoms with E-state index in [1.807, 2.05) is 0 Å². The third-order valence-electron chi connectivity index (χ3n) is 3.71. The summed E-state index contributed by atoms with van der Waals surface area (Å²) in [6.45, 7) is 2.37. The van der Waals surface area contributed by atoms with Gasteiger partial charge in [0, 0.05) is 22.7 Å². The number of halogens is 2. The molecule has 0 heterocycles. The number of benzene rings is 2. The Hall–Kier alpha value is -2.24. The number of amides is 2. The molecule has 0 fully saturated rings. The Morgan fingerprint density at radius 1 is 1.04 bits per heavy atom. The third-order valence-corrected chi connectivity index (χ3v) is 4.21. The number of hydrogen-bond acceptors (Lipinski definition) is 3. The Balaban J connectivity index is 1.79. The summed E-state index contributed by atoms with van der Waals surface area (Å²) in [7, 11) is 1.67. The van der Waals surface area contributed by atoms with Gasteiger partial charge in [0.05, 0.1) is 6.54 Å². The molecular weight excluding hydrogens is 375 g/mol. The minimum Gasteiger partial charge on any atom is -0.492 e. The number of nitrogens with one attached hydrogen (secondary N) is 1. The molecule has 138 valence electrons. The molecule has 0 bridgehead atoms. The van der Waals surface area contributed by atoms with E-state index in [9.17, 15) is 9.59 Å². The smallest absolute Gasteiger partial charge is 0.251 e. The quantitative estimate of drug-likeness (QED) is 0.779. The summed E-state index contributed by atoms with van der Waals surface area (Å²) in [6, 6.07) is 12.8. The normalized spacial score (nSPS) is 11.5. The number of carbonyl (C=O) groups is 2. The van der Waals surface area contributed by atoms with Gasteiger partial charge in [0.2, 0.25) is 5.91 Å². The van der Waals surface area contributed by atoms with Crippen LogP contribution >= 0.6 is 23.2 Å². The van der Waals surface area contributed by atoms with Crippen LogP contribution < -0.4 is 10.1 Å². The van der Waals surface area contributed by atoms with Gasteiger partial charge < -0.3 is 15.0 Å². The first-order valence-electron chi connectivity index (χ1n) is 8.06. The summed E-state index contributed by atoms with van der Waals surface area (Å²) in [4.78, 5) is 26.0. The number of hydrogen-bond donors (Lipinski definition) is 1. The van der Waals surface area contributed by atoms with E-state index >= 15 is 0 Å². The highest BCUT2D eigenvalue weighted by Gasteiger charge is 2.20. The third kappa shape index (κ3) is 5.93. The fourth-order valence-electron chi connectivity index (χ4n) is 2.21. The molecule has 2 rings (SSSR count). The zero-order valence-electron chi connectivity index (χ0n) is 14.5. The summed E-state index contributed by atoms with van der Waals surface area (Å²) in [6.07, 6.45) is 0. The van der Waals surface area contributed by atoms with E-state index in [0.29, 0.717) is 34.5 Å². The summed E-state index contributed by atoms with van der Waals surface area (Å²) in [5.41, 5.74) is 0.447. The van der Waals surface area contributed by atoms with Crippen molar-refractivity contribution >= 4 is 35.0 Å². The molecule has 0 spiro atoms. The molecule has 26 heavy (non-hydrogen) atoms. The highest BCUT2D eigenvalue weighted by atomic mass is 35.5. The van der Waals surface area contributed by atoms with E-state index < -0.39 is 6.04 Å². The molecule has 2 aromatic rings. The summed E-state index contributed by atoms with van der Waals surface area (Å²) < 4.78 is 5.57. The number of nitrogens with zero attached hydrogens (tertiary/aromatic N) is 1. The second kappa shape index (κ2) is 9.46. The molecule has 0 saturated heterocycles.